The maximum absolute atomic E-state index is 12.0. The van der Waals surface area contributed by atoms with E-state index in [1.54, 1.807) is 48.5 Å². The van der Waals surface area contributed by atoms with Crippen molar-refractivity contribution in [1.29, 1.82) is 0 Å². The minimum Gasteiger partial charge on any atom is -0.566 e. The summed E-state index contributed by atoms with van der Waals surface area (Å²) in [6, 6.07) is 17.7. The summed E-state index contributed by atoms with van der Waals surface area (Å²) in [4.78, 5) is 1.18. The number of rotatable bonds is 3. The predicted molar refractivity (Wildman–Crippen MR) is 77.0 cm³/mol. The summed E-state index contributed by atoms with van der Waals surface area (Å²) in [6.07, 6.45) is 0. The van der Waals surface area contributed by atoms with Gasteiger partial charge in [0.25, 0.3) is 0 Å². The lowest BCUT2D eigenvalue weighted by atomic mass is 10.4. The first kappa shape index (κ1) is 14.9. The molecule has 94 valence electrons. The van der Waals surface area contributed by atoms with Gasteiger partial charge < -0.3 is 9.11 Å². The van der Waals surface area contributed by atoms with Crippen LogP contribution in [0.3, 0.4) is 0 Å². The first-order valence-corrected chi connectivity index (χ1v) is 8.05. The molecule has 2 rings (SSSR count). The Morgan fingerprint density at radius 1 is 0.611 bits per heavy atom. The van der Waals surface area contributed by atoms with E-state index in [-0.39, 0.29) is 0 Å². The molecule has 2 aromatic rings. The van der Waals surface area contributed by atoms with Crippen LogP contribution in [0.5, 0.6) is 0 Å². The lowest BCUT2D eigenvalue weighted by Crippen LogP contribution is -2.15. The quantitative estimate of drug-likeness (QED) is 0.491. The van der Waals surface area contributed by atoms with Gasteiger partial charge in [-0.05, 0) is 24.3 Å². The topological polar surface area (TPSA) is 46.1 Å². The van der Waals surface area contributed by atoms with E-state index in [2.05, 4.69) is 13.2 Å². The average molecular weight is 278 g/mol. The maximum Gasteiger partial charge on any atom is 0.216 e. The second kappa shape index (κ2) is 8.00. The average Bonchev–Trinajstić information content (AvgIpc) is 2.49. The molecule has 0 saturated heterocycles. The van der Waals surface area contributed by atoms with E-state index in [0.717, 1.165) is 0 Å². The van der Waals surface area contributed by atoms with Crippen molar-refractivity contribution >= 4 is 20.4 Å². The van der Waals surface area contributed by atoms with Crippen molar-refractivity contribution < 1.29 is 9.11 Å². The Hall–Kier alpha value is -1.20. The van der Waals surface area contributed by atoms with Crippen LogP contribution in [-0.4, -0.2) is 9.11 Å². The van der Waals surface area contributed by atoms with Crippen LogP contribution in [0.2, 0.25) is 0 Å². The van der Waals surface area contributed by atoms with Crippen LogP contribution in [0, 0.1) is 0 Å². The lowest BCUT2D eigenvalue weighted by molar-refractivity contribution is 0.582. The van der Waals surface area contributed by atoms with E-state index >= 15 is 0 Å². The summed E-state index contributed by atoms with van der Waals surface area (Å²) < 4.78 is 23.9. The summed E-state index contributed by atoms with van der Waals surface area (Å²) in [5.74, 6) is 0. The summed E-state index contributed by atoms with van der Waals surface area (Å²) in [6.45, 7) is 6.00. The second-order valence-corrected chi connectivity index (χ2v) is 6.79. The summed E-state index contributed by atoms with van der Waals surface area (Å²) >= 11 is 0. The van der Waals surface area contributed by atoms with Gasteiger partial charge in [0.15, 0.2) is 0 Å². The van der Waals surface area contributed by atoms with Crippen molar-refractivity contribution in [3.05, 3.63) is 73.8 Å². The zero-order valence-corrected chi connectivity index (χ0v) is 11.5. The van der Waals surface area contributed by atoms with Gasteiger partial charge in [0.2, 0.25) is 30.2 Å². The number of hydrogen-bond donors (Lipinski definition) is 0. The highest BCUT2D eigenvalue weighted by Crippen LogP contribution is 2.23. The standard InChI is InChI=1S/C12H10O2S2.C2H4/c13-15(11-7-3-1-4-8-11)16(14)12-9-5-2-6-10-12;1-2/h1-10H;1-2H2. The van der Waals surface area contributed by atoms with E-state index in [9.17, 15) is 9.11 Å². The Kier molecular flexibility index (Phi) is 6.60. The second-order valence-electron chi connectivity index (χ2n) is 3.10. The largest absolute Gasteiger partial charge is 0.566 e. The molecule has 2 aromatic carbocycles. The van der Waals surface area contributed by atoms with Gasteiger partial charge in [0.1, 0.15) is 0 Å². The molecule has 0 N–H and O–H groups in total. The molecule has 0 fully saturated rings. The van der Waals surface area contributed by atoms with Crippen LogP contribution in [-0.2, 0) is 20.4 Å². The molecule has 18 heavy (non-hydrogen) atoms. The van der Waals surface area contributed by atoms with Gasteiger partial charge in [-0.15, -0.1) is 13.2 Å². The Labute approximate surface area is 113 Å². The zero-order valence-electron chi connectivity index (χ0n) is 9.82. The third-order valence-electron chi connectivity index (χ3n) is 2.01. The molecule has 0 amide bonds. The fraction of sp³-hybridized carbons (Fsp3) is 0. The molecule has 0 aliphatic carbocycles. The van der Waals surface area contributed by atoms with Crippen molar-refractivity contribution in [2.75, 3.05) is 0 Å². The van der Waals surface area contributed by atoms with Gasteiger partial charge in [0, 0.05) is 0 Å². The van der Waals surface area contributed by atoms with Gasteiger partial charge in [0.05, 0.1) is 0 Å². The molecule has 0 saturated carbocycles. The first-order chi connectivity index (χ1) is 8.79. The molecule has 0 bridgehead atoms. The van der Waals surface area contributed by atoms with Crippen LogP contribution in [0.15, 0.2) is 83.6 Å². The zero-order chi connectivity index (χ0) is 13.4. The fourth-order valence-corrected chi connectivity index (χ4v) is 4.06. The molecular formula is C14H14O2S2. The molecule has 0 heterocycles. The molecular weight excluding hydrogens is 264 g/mol. The van der Waals surface area contributed by atoms with E-state index in [1.165, 1.54) is 0 Å². The van der Waals surface area contributed by atoms with Gasteiger partial charge in [-0.3, -0.25) is 0 Å². The Morgan fingerprint density at radius 2 is 0.889 bits per heavy atom. The molecule has 0 aliphatic heterocycles. The number of hydrogen-bond acceptors (Lipinski definition) is 2. The third-order valence-corrected chi connectivity index (χ3v) is 5.58. The molecule has 0 radical (unpaired) electrons. The van der Waals surface area contributed by atoms with Crippen molar-refractivity contribution in [3.8, 4) is 0 Å². The van der Waals surface area contributed by atoms with E-state index in [1.807, 2.05) is 12.1 Å². The highest BCUT2D eigenvalue weighted by Gasteiger charge is 2.30. The molecule has 2 atom stereocenters. The SMILES string of the molecule is C=C.[O-][S+](c1ccccc1)[S+]([O-])c1ccccc1. The Morgan fingerprint density at radius 3 is 1.17 bits per heavy atom. The minimum atomic E-state index is -1.51. The van der Waals surface area contributed by atoms with Crippen molar-refractivity contribution in [3.63, 3.8) is 0 Å². The van der Waals surface area contributed by atoms with Crippen LogP contribution < -0.4 is 0 Å². The maximum atomic E-state index is 12.0. The molecule has 0 spiro atoms. The van der Waals surface area contributed by atoms with Crippen LogP contribution in [0.4, 0.5) is 0 Å². The smallest absolute Gasteiger partial charge is 0.216 e. The Bertz CT molecular complexity index is 404. The molecule has 0 aromatic heterocycles. The first-order valence-electron chi connectivity index (χ1n) is 5.23. The predicted octanol–water partition coefficient (Wildman–Crippen LogP) is 3.32. The van der Waals surface area contributed by atoms with Crippen LogP contribution in [0.1, 0.15) is 0 Å². The van der Waals surface area contributed by atoms with Crippen LogP contribution in [0.25, 0.3) is 0 Å². The molecule has 4 heteroatoms. The summed E-state index contributed by atoms with van der Waals surface area (Å²) in [5, 5.41) is 0. The monoisotopic (exact) mass is 278 g/mol. The normalized spacial score (nSPS) is 13.0. The lowest BCUT2D eigenvalue weighted by Gasteiger charge is -2.10. The molecule has 0 aliphatic rings. The summed E-state index contributed by atoms with van der Waals surface area (Å²) in [5.41, 5.74) is 0. The van der Waals surface area contributed by atoms with E-state index < -0.39 is 20.4 Å². The van der Waals surface area contributed by atoms with E-state index in [0.29, 0.717) is 9.79 Å². The highest BCUT2D eigenvalue weighted by atomic mass is 33.2. The van der Waals surface area contributed by atoms with Gasteiger partial charge in [-0.25, -0.2) is 0 Å². The molecule has 2 unspecified atom stereocenters. The van der Waals surface area contributed by atoms with Crippen molar-refractivity contribution in [2.24, 2.45) is 0 Å². The number of benzene rings is 2. The van der Waals surface area contributed by atoms with Crippen molar-refractivity contribution in [2.45, 2.75) is 9.79 Å². The molecule has 2 nitrogen and oxygen atoms in total. The van der Waals surface area contributed by atoms with Gasteiger partial charge in [-0.2, -0.15) is 0 Å². The summed E-state index contributed by atoms with van der Waals surface area (Å²) in [7, 11) is -3.01. The fourth-order valence-electron chi connectivity index (χ4n) is 1.24. The van der Waals surface area contributed by atoms with Gasteiger partial charge in [-0.1, -0.05) is 36.4 Å². The highest BCUT2D eigenvalue weighted by molar-refractivity contribution is 8.67. The minimum absolute atomic E-state index is 0.588. The third kappa shape index (κ3) is 3.92. The van der Waals surface area contributed by atoms with Crippen LogP contribution >= 0.6 is 0 Å². The van der Waals surface area contributed by atoms with Gasteiger partial charge >= 0.3 is 0 Å². The Balaban J connectivity index is 0.000000771. The van der Waals surface area contributed by atoms with Crippen molar-refractivity contribution in [1.82, 2.24) is 0 Å². The van der Waals surface area contributed by atoms with E-state index in [4.69, 9.17) is 0 Å².